The Morgan fingerprint density at radius 1 is 0.900 bits per heavy atom. The van der Waals surface area contributed by atoms with Crippen LogP contribution in [0, 0.1) is 6.92 Å². The molecule has 1 aromatic rings. The van der Waals surface area contributed by atoms with Crippen LogP contribution in [0.5, 0.6) is 0 Å². The molecule has 0 atom stereocenters. The largest absolute Gasteiger partial charge is 0.379 e. The van der Waals surface area contributed by atoms with Gasteiger partial charge < -0.3 is 14.4 Å². The van der Waals surface area contributed by atoms with Crippen molar-refractivity contribution in [1.82, 2.24) is 4.90 Å². The monoisotopic (exact) mass is 276 g/mol. The van der Waals surface area contributed by atoms with Crippen LogP contribution in [0.4, 0.5) is 5.69 Å². The van der Waals surface area contributed by atoms with E-state index in [0.29, 0.717) is 0 Å². The van der Waals surface area contributed by atoms with Crippen LogP contribution >= 0.6 is 0 Å². The summed E-state index contributed by atoms with van der Waals surface area (Å²) in [4.78, 5) is 4.90. The molecule has 0 saturated carbocycles. The van der Waals surface area contributed by atoms with E-state index < -0.39 is 0 Å². The fourth-order valence-corrected chi connectivity index (χ4v) is 2.95. The smallest absolute Gasteiger partial charge is 0.0642 e. The number of nitrogens with zero attached hydrogens (tertiary/aromatic N) is 2. The first kappa shape index (κ1) is 13.9. The van der Waals surface area contributed by atoms with E-state index in [-0.39, 0.29) is 0 Å². The van der Waals surface area contributed by atoms with Crippen LogP contribution in [0.2, 0.25) is 0 Å². The van der Waals surface area contributed by atoms with Crippen molar-refractivity contribution in [3.05, 3.63) is 29.3 Å². The molecule has 2 heterocycles. The summed E-state index contributed by atoms with van der Waals surface area (Å²) in [6.07, 6.45) is 0. The summed E-state index contributed by atoms with van der Waals surface area (Å²) in [6, 6.07) is 6.93. The van der Waals surface area contributed by atoms with Gasteiger partial charge in [-0.25, -0.2) is 0 Å². The quantitative estimate of drug-likeness (QED) is 0.838. The topological polar surface area (TPSA) is 24.9 Å². The molecule has 20 heavy (non-hydrogen) atoms. The van der Waals surface area contributed by atoms with E-state index in [4.69, 9.17) is 9.47 Å². The van der Waals surface area contributed by atoms with Crippen molar-refractivity contribution >= 4 is 5.69 Å². The maximum atomic E-state index is 5.44. The lowest BCUT2D eigenvalue weighted by Gasteiger charge is -2.30. The number of hydrogen-bond acceptors (Lipinski definition) is 4. The molecular formula is C16H24N2O2. The van der Waals surface area contributed by atoms with E-state index >= 15 is 0 Å². The molecule has 0 unspecified atom stereocenters. The molecule has 0 aromatic heterocycles. The lowest BCUT2D eigenvalue weighted by atomic mass is 10.1. The summed E-state index contributed by atoms with van der Waals surface area (Å²) < 4.78 is 10.9. The van der Waals surface area contributed by atoms with Gasteiger partial charge >= 0.3 is 0 Å². The summed E-state index contributed by atoms with van der Waals surface area (Å²) in [5, 5.41) is 0. The van der Waals surface area contributed by atoms with Gasteiger partial charge in [-0.2, -0.15) is 0 Å². The Bertz CT molecular complexity index is 438. The minimum atomic E-state index is 0.840. The molecule has 1 aromatic carbocycles. The molecule has 2 aliphatic rings. The third kappa shape index (κ3) is 3.51. The summed E-state index contributed by atoms with van der Waals surface area (Å²) in [7, 11) is 0. The van der Waals surface area contributed by atoms with Crippen molar-refractivity contribution in [1.29, 1.82) is 0 Å². The van der Waals surface area contributed by atoms with Crippen LogP contribution in [0.25, 0.3) is 0 Å². The Morgan fingerprint density at radius 2 is 1.55 bits per heavy atom. The van der Waals surface area contributed by atoms with Gasteiger partial charge in [-0.05, 0) is 30.2 Å². The average Bonchev–Trinajstić information content (AvgIpc) is 2.49. The SMILES string of the molecule is Cc1cc(CN2CCOCC2)cc(N2CCOCC2)c1. The van der Waals surface area contributed by atoms with Crippen molar-refractivity contribution in [3.63, 3.8) is 0 Å². The number of benzene rings is 1. The zero-order valence-electron chi connectivity index (χ0n) is 12.3. The molecule has 3 rings (SSSR count). The van der Waals surface area contributed by atoms with E-state index in [1.807, 2.05) is 0 Å². The third-order valence-electron chi connectivity index (χ3n) is 4.01. The fraction of sp³-hybridized carbons (Fsp3) is 0.625. The molecule has 0 radical (unpaired) electrons. The zero-order valence-corrected chi connectivity index (χ0v) is 12.3. The highest BCUT2D eigenvalue weighted by atomic mass is 16.5. The highest BCUT2D eigenvalue weighted by Crippen LogP contribution is 2.21. The number of morpholine rings is 2. The Hall–Kier alpha value is -1.10. The first-order valence-corrected chi connectivity index (χ1v) is 7.55. The van der Waals surface area contributed by atoms with Gasteiger partial charge in [0.2, 0.25) is 0 Å². The molecule has 4 nitrogen and oxygen atoms in total. The van der Waals surface area contributed by atoms with E-state index in [0.717, 1.165) is 59.2 Å². The summed E-state index contributed by atoms with van der Waals surface area (Å²) in [5.41, 5.74) is 4.10. The van der Waals surface area contributed by atoms with Crippen molar-refractivity contribution in [2.45, 2.75) is 13.5 Å². The number of hydrogen-bond donors (Lipinski definition) is 0. The average molecular weight is 276 g/mol. The predicted molar refractivity (Wildman–Crippen MR) is 80.3 cm³/mol. The van der Waals surface area contributed by atoms with Crippen LogP contribution in [-0.4, -0.2) is 57.5 Å². The van der Waals surface area contributed by atoms with Gasteiger partial charge in [0.25, 0.3) is 0 Å². The number of anilines is 1. The van der Waals surface area contributed by atoms with Gasteiger partial charge in [0, 0.05) is 38.4 Å². The van der Waals surface area contributed by atoms with Crippen molar-refractivity contribution < 1.29 is 9.47 Å². The number of aryl methyl sites for hydroxylation is 1. The molecule has 2 fully saturated rings. The molecule has 0 amide bonds. The van der Waals surface area contributed by atoms with E-state index in [2.05, 4.69) is 34.9 Å². The second-order valence-corrected chi connectivity index (χ2v) is 5.66. The summed E-state index contributed by atoms with van der Waals surface area (Å²) >= 11 is 0. The van der Waals surface area contributed by atoms with E-state index in [1.54, 1.807) is 0 Å². The second kappa shape index (κ2) is 6.57. The normalized spacial score (nSPS) is 21.1. The van der Waals surface area contributed by atoms with E-state index in [9.17, 15) is 0 Å². The minimum Gasteiger partial charge on any atom is -0.379 e. The lowest BCUT2D eigenvalue weighted by Crippen LogP contribution is -2.37. The van der Waals surface area contributed by atoms with Gasteiger partial charge in [-0.1, -0.05) is 6.07 Å². The Balaban J connectivity index is 1.71. The summed E-state index contributed by atoms with van der Waals surface area (Å²) in [5.74, 6) is 0. The van der Waals surface area contributed by atoms with Crippen LogP contribution in [-0.2, 0) is 16.0 Å². The summed E-state index contributed by atoms with van der Waals surface area (Å²) in [6.45, 7) is 10.7. The van der Waals surface area contributed by atoms with Crippen molar-refractivity contribution in [2.75, 3.05) is 57.5 Å². The van der Waals surface area contributed by atoms with Crippen molar-refractivity contribution in [3.8, 4) is 0 Å². The first-order chi connectivity index (χ1) is 9.81. The fourth-order valence-electron chi connectivity index (χ4n) is 2.95. The molecule has 0 spiro atoms. The van der Waals surface area contributed by atoms with Crippen molar-refractivity contribution in [2.24, 2.45) is 0 Å². The highest BCUT2D eigenvalue weighted by molar-refractivity contribution is 5.51. The number of ether oxygens (including phenoxy) is 2. The highest BCUT2D eigenvalue weighted by Gasteiger charge is 2.14. The Kier molecular flexibility index (Phi) is 4.55. The molecular weight excluding hydrogens is 252 g/mol. The predicted octanol–water partition coefficient (Wildman–Crippen LogP) is 1.66. The molecule has 0 aliphatic carbocycles. The van der Waals surface area contributed by atoms with Gasteiger partial charge in [0.15, 0.2) is 0 Å². The molecule has 0 bridgehead atoms. The van der Waals surface area contributed by atoms with Crippen LogP contribution < -0.4 is 4.90 Å². The van der Waals surface area contributed by atoms with Crippen LogP contribution in [0.3, 0.4) is 0 Å². The molecule has 2 aliphatic heterocycles. The van der Waals surface area contributed by atoms with E-state index in [1.165, 1.54) is 16.8 Å². The Labute approximate surface area is 121 Å². The molecule has 0 N–H and O–H groups in total. The number of rotatable bonds is 3. The van der Waals surface area contributed by atoms with Gasteiger partial charge in [0.1, 0.15) is 0 Å². The zero-order chi connectivity index (χ0) is 13.8. The van der Waals surface area contributed by atoms with Gasteiger partial charge in [-0.15, -0.1) is 0 Å². The second-order valence-electron chi connectivity index (χ2n) is 5.66. The lowest BCUT2D eigenvalue weighted by molar-refractivity contribution is 0.0342. The van der Waals surface area contributed by atoms with Crippen LogP contribution in [0.15, 0.2) is 18.2 Å². The Morgan fingerprint density at radius 3 is 2.25 bits per heavy atom. The maximum absolute atomic E-state index is 5.44. The molecule has 2 saturated heterocycles. The van der Waals surface area contributed by atoms with Crippen LogP contribution in [0.1, 0.15) is 11.1 Å². The first-order valence-electron chi connectivity index (χ1n) is 7.55. The maximum Gasteiger partial charge on any atom is 0.0642 e. The minimum absolute atomic E-state index is 0.840. The van der Waals surface area contributed by atoms with Gasteiger partial charge in [-0.3, -0.25) is 4.90 Å². The third-order valence-corrected chi connectivity index (χ3v) is 4.01. The standard InChI is InChI=1S/C16H24N2O2/c1-14-10-15(13-17-2-6-19-7-3-17)12-16(11-14)18-4-8-20-9-5-18/h10-12H,2-9,13H2,1H3. The molecule has 4 heteroatoms. The van der Waals surface area contributed by atoms with Gasteiger partial charge in [0.05, 0.1) is 26.4 Å². The molecule has 110 valence electrons.